The number of carbonyl (C=O) groups excluding carboxylic acids is 1. The molecule has 0 radical (unpaired) electrons. The standard InChI is InChI=1S/C11H13ClN2O6S/c1-20-11(15)3-2-6-21(18,19)13-10-5-4-8(14(16)17)7-9(10)12/h4-5,7,13H,2-3,6H2,1H3. The van der Waals surface area contributed by atoms with Crippen molar-refractivity contribution in [1.29, 1.82) is 0 Å². The van der Waals surface area contributed by atoms with Crippen molar-refractivity contribution in [2.45, 2.75) is 12.8 Å². The number of anilines is 1. The lowest BCUT2D eigenvalue weighted by Crippen LogP contribution is -2.18. The molecule has 1 N–H and O–H groups in total. The van der Waals surface area contributed by atoms with Gasteiger partial charge in [-0.1, -0.05) is 11.6 Å². The monoisotopic (exact) mass is 336 g/mol. The summed E-state index contributed by atoms with van der Waals surface area (Å²) in [5, 5.41) is 10.5. The number of benzene rings is 1. The molecule has 0 aliphatic rings. The van der Waals surface area contributed by atoms with Crippen LogP contribution in [0.4, 0.5) is 11.4 Å². The van der Waals surface area contributed by atoms with Crippen molar-refractivity contribution >= 4 is 39.0 Å². The zero-order valence-electron chi connectivity index (χ0n) is 11.0. The van der Waals surface area contributed by atoms with Crippen molar-refractivity contribution in [3.63, 3.8) is 0 Å². The third-order valence-electron chi connectivity index (χ3n) is 2.45. The molecule has 0 atom stereocenters. The number of sulfonamides is 1. The molecule has 21 heavy (non-hydrogen) atoms. The molecule has 0 unspecified atom stereocenters. The van der Waals surface area contributed by atoms with Crippen LogP contribution in [0, 0.1) is 10.1 Å². The number of halogens is 1. The lowest BCUT2D eigenvalue weighted by Gasteiger charge is -2.09. The Hall–Kier alpha value is -1.87. The number of methoxy groups -OCH3 is 1. The lowest BCUT2D eigenvalue weighted by atomic mass is 10.3. The van der Waals surface area contributed by atoms with Crippen LogP contribution >= 0.6 is 11.6 Å². The van der Waals surface area contributed by atoms with Crippen molar-refractivity contribution in [3.05, 3.63) is 33.3 Å². The smallest absolute Gasteiger partial charge is 0.305 e. The molecule has 0 saturated heterocycles. The highest BCUT2D eigenvalue weighted by atomic mass is 35.5. The summed E-state index contributed by atoms with van der Waals surface area (Å²) in [5.74, 6) is -0.798. The first-order valence-corrected chi connectivity index (χ1v) is 7.79. The molecule has 0 heterocycles. The van der Waals surface area contributed by atoms with Crippen LogP contribution in [0.1, 0.15) is 12.8 Å². The molecule has 0 spiro atoms. The van der Waals surface area contributed by atoms with Crippen molar-refractivity contribution in [1.82, 2.24) is 0 Å². The van der Waals surface area contributed by atoms with E-state index in [-0.39, 0.29) is 35.0 Å². The van der Waals surface area contributed by atoms with Gasteiger partial charge in [0.05, 0.1) is 28.5 Å². The summed E-state index contributed by atoms with van der Waals surface area (Å²) in [4.78, 5) is 20.8. The maximum atomic E-state index is 11.8. The Morgan fingerprint density at radius 1 is 1.48 bits per heavy atom. The number of nitrogens with one attached hydrogen (secondary N) is 1. The Balaban J connectivity index is 2.71. The highest BCUT2D eigenvalue weighted by Gasteiger charge is 2.16. The third-order valence-corrected chi connectivity index (χ3v) is 4.12. The van der Waals surface area contributed by atoms with E-state index < -0.39 is 20.9 Å². The second kappa shape index (κ2) is 7.23. The molecular weight excluding hydrogens is 324 g/mol. The van der Waals surface area contributed by atoms with Gasteiger partial charge in [-0.3, -0.25) is 19.6 Å². The SMILES string of the molecule is COC(=O)CCCS(=O)(=O)Nc1ccc([N+](=O)[O-])cc1Cl. The van der Waals surface area contributed by atoms with Crippen molar-refractivity contribution in [2.24, 2.45) is 0 Å². The zero-order chi connectivity index (χ0) is 16.0. The van der Waals surface area contributed by atoms with Crippen LogP contribution in [0.15, 0.2) is 18.2 Å². The van der Waals surface area contributed by atoms with Gasteiger partial charge in [0.1, 0.15) is 0 Å². The largest absolute Gasteiger partial charge is 0.469 e. The fraction of sp³-hybridized carbons (Fsp3) is 0.364. The second-order valence-electron chi connectivity index (χ2n) is 4.02. The number of nitrogens with zero attached hydrogens (tertiary/aromatic N) is 1. The summed E-state index contributed by atoms with van der Waals surface area (Å²) in [5.41, 5.74) is -0.200. The number of hydrogen-bond acceptors (Lipinski definition) is 6. The van der Waals surface area contributed by atoms with Crippen molar-refractivity contribution in [2.75, 3.05) is 17.6 Å². The highest BCUT2D eigenvalue weighted by Crippen LogP contribution is 2.27. The first kappa shape index (κ1) is 17.2. The summed E-state index contributed by atoms with van der Waals surface area (Å²) in [7, 11) is -2.49. The van der Waals surface area contributed by atoms with Crippen LogP contribution in [0.5, 0.6) is 0 Å². The first-order valence-electron chi connectivity index (χ1n) is 5.76. The molecule has 1 rings (SSSR count). The molecule has 116 valence electrons. The Morgan fingerprint density at radius 2 is 2.14 bits per heavy atom. The molecule has 0 saturated carbocycles. The van der Waals surface area contributed by atoms with Crippen LogP contribution in [0.25, 0.3) is 0 Å². The van der Waals surface area contributed by atoms with E-state index in [4.69, 9.17) is 11.6 Å². The topological polar surface area (TPSA) is 116 Å². The number of nitro benzene ring substituents is 1. The van der Waals surface area contributed by atoms with Crippen LogP contribution in [0.3, 0.4) is 0 Å². The van der Waals surface area contributed by atoms with Crippen LogP contribution in [0.2, 0.25) is 5.02 Å². The summed E-state index contributed by atoms with van der Waals surface area (Å²) < 4.78 is 30.2. The molecule has 0 fully saturated rings. The van der Waals surface area contributed by atoms with E-state index in [9.17, 15) is 23.3 Å². The lowest BCUT2D eigenvalue weighted by molar-refractivity contribution is -0.384. The molecular formula is C11H13ClN2O6S. The van der Waals surface area contributed by atoms with E-state index >= 15 is 0 Å². The highest BCUT2D eigenvalue weighted by molar-refractivity contribution is 7.92. The minimum atomic E-state index is -3.71. The van der Waals surface area contributed by atoms with E-state index in [1.807, 2.05) is 0 Å². The summed E-state index contributed by atoms with van der Waals surface area (Å²) in [6, 6.07) is 3.39. The van der Waals surface area contributed by atoms with Gasteiger partial charge in [-0.15, -0.1) is 0 Å². The molecule has 0 aromatic heterocycles. The van der Waals surface area contributed by atoms with Gasteiger partial charge in [0.2, 0.25) is 10.0 Å². The number of esters is 1. The van der Waals surface area contributed by atoms with Crippen molar-refractivity contribution < 1.29 is 22.9 Å². The average Bonchev–Trinajstić information content (AvgIpc) is 2.40. The Labute approximate surface area is 126 Å². The molecule has 8 nitrogen and oxygen atoms in total. The number of carbonyl (C=O) groups is 1. The molecule has 1 aromatic carbocycles. The molecule has 0 amide bonds. The van der Waals surface area contributed by atoms with Gasteiger partial charge >= 0.3 is 5.97 Å². The maximum absolute atomic E-state index is 11.8. The molecule has 0 aliphatic carbocycles. The van der Waals surface area contributed by atoms with Gasteiger partial charge in [0.25, 0.3) is 5.69 Å². The minimum Gasteiger partial charge on any atom is -0.469 e. The normalized spacial score (nSPS) is 11.0. The Kier molecular flexibility index (Phi) is 5.91. The number of rotatable bonds is 7. The summed E-state index contributed by atoms with van der Waals surface area (Å²) in [6.45, 7) is 0. The quantitative estimate of drug-likeness (QED) is 0.462. The van der Waals surface area contributed by atoms with Crippen molar-refractivity contribution in [3.8, 4) is 0 Å². The fourth-order valence-corrected chi connectivity index (χ4v) is 2.85. The van der Waals surface area contributed by atoms with E-state index in [1.54, 1.807) is 0 Å². The molecule has 0 bridgehead atoms. The predicted octanol–water partition coefficient (Wildman–Crippen LogP) is 1.94. The molecule has 0 aliphatic heterocycles. The van der Waals surface area contributed by atoms with Crippen LogP contribution in [-0.2, 0) is 19.6 Å². The number of ether oxygens (including phenoxy) is 1. The van der Waals surface area contributed by atoms with E-state index in [0.29, 0.717) is 0 Å². The fourth-order valence-electron chi connectivity index (χ4n) is 1.43. The van der Waals surface area contributed by atoms with Gasteiger partial charge in [0.15, 0.2) is 0 Å². The zero-order valence-corrected chi connectivity index (χ0v) is 12.6. The Morgan fingerprint density at radius 3 is 2.67 bits per heavy atom. The Bertz CT molecular complexity index is 646. The van der Waals surface area contributed by atoms with E-state index in [2.05, 4.69) is 9.46 Å². The van der Waals surface area contributed by atoms with Crippen LogP contribution < -0.4 is 4.72 Å². The average molecular weight is 337 g/mol. The number of non-ortho nitro benzene ring substituents is 1. The van der Waals surface area contributed by atoms with Gasteiger partial charge in [-0.25, -0.2) is 8.42 Å². The molecule has 1 aromatic rings. The third kappa shape index (κ3) is 5.56. The summed E-state index contributed by atoms with van der Waals surface area (Å²) in [6.07, 6.45) is 0.0675. The van der Waals surface area contributed by atoms with Gasteiger partial charge in [0, 0.05) is 18.6 Å². The molecule has 10 heteroatoms. The first-order chi connectivity index (χ1) is 9.75. The second-order valence-corrected chi connectivity index (χ2v) is 6.27. The predicted molar refractivity (Wildman–Crippen MR) is 76.8 cm³/mol. The van der Waals surface area contributed by atoms with Gasteiger partial charge in [-0.05, 0) is 12.5 Å². The van der Waals surface area contributed by atoms with E-state index in [1.165, 1.54) is 13.2 Å². The number of hydrogen-bond donors (Lipinski definition) is 1. The van der Waals surface area contributed by atoms with Crippen LogP contribution in [-0.4, -0.2) is 32.2 Å². The minimum absolute atomic E-state index is 0.0224. The summed E-state index contributed by atoms with van der Waals surface area (Å²) >= 11 is 5.78. The van der Waals surface area contributed by atoms with Gasteiger partial charge < -0.3 is 4.74 Å². The van der Waals surface area contributed by atoms with Gasteiger partial charge in [-0.2, -0.15) is 0 Å². The maximum Gasteiger partial charge on any atom is 0.305 e. The number of nitro groups is 1. The van der Waals surface area contributed by atoms with E-state index in [0.717, 1.165) is 12.1 Å².